The van der Waals surface area contributed by atoms with Gasteiger partial charge in [0.2, 0.25) is 4.91 Å². The zero-order valence-electron chi connectivity index (χ0n) is 10.4. The van der Waals surface area contributed by atoms with E-state index in [1.165, 1.54) is 18.2 Å². The van der Waals surface area contributed by atoms with E-state index >= 15 is 0 Å². The molecule has 2 rings (SSSR count). The van der Waals surface area contributed by atoms with Gasteiger partial charge in [-0.05, 0) is 6.07 Å². The maximum Gasteiger partial charge on any atom is 0.426 e. The van der Waals surface area contributed by atoms with E-state index < -0.39 is 41.5 Å². The van der Waals surface area contributed by atoms with Gasteiger partial charge in [-0.15, -0.1) is 0 Å². The summed E-state index contributed by atoms with van der Waals surface area (Å²) in [5, 5.41) is 0. The van der Waals surface area contributed by atoms with Crippen molar-refractivity contribution in [3.05, 3.63) is 51.4 Å². The average molecular weight is 342 g/mol. The lowest BCUT2D eigenvalue weighted by Gasteiger charge is -2.14. The second kappa shape index (κ2) is 5.07. The van der Waals surface area contributed by atoms with Gasteiger partial charge in [-0.2, -0.15) is 26.4 Å². The minimum Gasteiger partial charge on any atom is -0.360 e. The highest BCUT2D eigenvalue weighted by Crippen LogP contribution is 2.34. The summed E-state index contributed by atoms with van der Waals surface area (Å²) in [7, 11) is -10.4. The van der Waals surface area contributed by atoms with Crippen LogP contribution in [0.2, 0.25) is 0 Å². The topological polar surface area (TPSA) is 182 Å². The summed E-state index contributed by atoms with van der Waals surface area (Å²) >= 11 is 0. The van der Waals surface area contributed by atoms with Crippen molar-refractivity contribution < 1.29 is 35.5 Å². The van der Waals surface area contributed by atoms with Gasteiger partial charge in [0.15, 0.2) is 0 Å². The first-order valence-electron chi connectivity index (χ1n) is 5.36. The van der Waals surface area contributed by atoms with Crippen molar-refractivity contribution in [2.45, 2.75) is 0 Å². The Morgan fingerprint density at radius 1 is 0.773 bits per heavy atom. The molecule has 0 spiro atoms. The predicted molar refractivity (Wildman–Crippen MR) is 72.8 cm³/mol. The minimum atomic E-state index is -5.25. The Balaban J connectivity index is 3.23. The summed E-state index contributed by atoms with van der Waals surface area (Å²) in [6, 6.07) is 5.07. The monoisotopic (exact) mass is 342 g/mol. The molecule has 1 aromatic carbocycles. The molecule has 0 bridgehead atoms. The molecule has 0 saturated carbocycles. The van der Waals surface area contributed by atoms with Crippen LogP contribution in [0.15, 0.2) is 29.2 Å². The molecule has 0 aromatic heterocycles. The van der Waals surface area contributed by atoms with Crippen LogP contribution in [0.1, 0.15) is 11.1 Å². The Bertz CT molecular complexity index is 1020. The third-order valence-electron chi connectivity index (χ3n) is 2.79. The van der Waals surface area contributed by atoms with Crippen LogP contribution in [-0.4, -0.2) is 46.9 Å². The summed E-state index contributed by atoms with van der Waals surface area (Å²) in [5.74, 6) is 0. The van der Waals surface area contributed by atoms with E-state index in [2.05, 4.69) is 9.58 Å². The molecule has 0 radical (unpaired) electrons. The van der Waals surface area contributed by atoms with Crippen LogP contribution in [0.5, 0.6) is 0 Å². The molecule has 0 fully saturated rings. The number of hydrogen-bond donors (Lipinski definition) is 2. The molecule has 114 valence electrons. The second-order valence-electron chi connectivity index (χ2n) is 4.05. The Kier molecular flexibility index (Phi) is 3.67. The zero-order chi connectivity index (χ0) is 16.7. The third-order valence-corrected chi connectivity index (χ3v) is 4.77. The van der Waals surface area contributed by atoms with E-state index in [9.17, 15) is 25.9 Å². The normalized spacial score (nSPS) is 15.2. The maximum atomic E-state index is 11.5. The van der Waals surface area contributed by atoms with Gasteiger partial charge >= 0.3 is 21.5 Å². The zero-order valence-corrected chi connectivity index (χ0v) is 12.1. The van der Waals surface area contributed by atoms with E-state index in [-0.39, 0.29) is 11.1 Å². The van der Waals surface area contributed by atoms with Gasteiger partial charge in [0.05, 0.1) is 5.56 Å². The second-order valence-corrected chi connectivity index (χ2v) is 6.77. The molecule has 10 nitrogen and oxygen atoms in total. The summed E-state index contributed by atoms with van der Waals surface area (Å²) in [6.07, 6.45) is 0. The Hall–Kier alpha value is -2.46. The first kappa shape index (κ1) is 15.9. The average Bonchev–Trinajstić information content (AvgIpc) is 2.42. The lowest BCUT2D eigenvalue weighted by atomic mass is 9.94. The molecule has 0 atom stereocenters. The number of rotatable bonds is 2. The summed E-state index contributed by atoms with van der Waals surface area (Å²) in [4.78, 5) is 2.74. The lowest BCUT2D eigenvalue weighted by Crippen LogP contribution is -2.32. The number of fused-ring (bicyclic) bond motifs is 1. The molecule has 0 heterocycles. The molecule has 22 heavy (non-hydrogen) atoms. The smallest absolute Gasteiger partial charge is 0.360 e. The van der Waals surface area contributed by atoms with Crippen LogP contribution >= 0.6 is 0 Å². The molecule has 0 unspecified atom stereocenters. The molecule has 12 heteroatoms. The Labute approximate surface area is 124 Å². The van der Waals surface area contributed by atoms with Gasteiger partial charge in [0, 0.05) is 5.56 Å². The molecular formula is C10H6N4O6S2. The van der Waals surface area contributed by atoms with Crippen molar-refractivity contribution in [2.75, 3.05) is 0 Å². The SMILES string of the molecule is [N-]=[N+]=C1C(=[N+]=[N-])c2ccccc2C(S(=O)(=O)O)=C1S(=O)(=O)O. The molecular weight excluding hydrogens is 336 g/mol. The van der Waals surface area contributed by atoms with Crippen molar-refractivity contribution >= 4 is 36.6 Å². The predicted octanol–water partition coefficient (Wildman–Crippen LogP) is -0.166. The van der Waals surface area contributed by atoms with E-state index in [4.69, 9.17) is 11.1 Å². The Morgan fingerprint density at radius 2 is 1.23 bits per heavy atom. The quantitative estimate of drug-likeness (QED) is 0.427. The van der Waals surface area contributed by atoms with Crippen LogP contribution < -0.4 is 0 Å². The Morgan fingerprint density at radius 3 is 1.64 bits per heavy atom. The van der Waals surface area contributed by atoms with Gasteiger partial charge in [-0.1, -0.05) is 18.2 Å². The maximum absolute atomic E-state index is 11.5. The van der Waals surface area contributed by atoms with E-state index in [1.807, 2.05) is 0 Å². The summed E-state index contributed by atoms with van der Waals surface area (Å²) in [5.41, 5.74) is 15.8. The largest absolute Gasteiger partial charge is 0.426 e. The highest BCUT2D eigenvalue weighted by atomic mass is 32.2. The molecule has 1 aromatic rings. The molecule has 2 N–H and O–H groups in total. The van der Waals surface area contributed by atoms with Crippen molar-refractivity contribution in [1.82, 2.24) is 0 Å². The first-order chi connectivity index (χ1) is 10.1. The summed E-state index contributed by atoms with van der Waals surface area (Å²) < 4.78 is 64.6. The fourth-order valence-corrected chi connectivity index (χ4v) is 4.19. The fourth-order valence-electron chi connectivity index (χ4n) is 2.04. The van der Waals surface area contributed by atoms with Crippen molar-refractivity contribution in [1.29, 1.82) is 0 Å². The van der Waals surface area contributed by atoms with Crippen LogP contribution in [-0.2, 0) is 20.2 Å². The van der Waals surface area contributed by atoms with Gasteiger partial charge in [-0.3, -0.25) is 9.11 Å². The van der Waals surface area contributed by atoms with E-state index in [0.717, 1.165) is 6.07 Å². The summed E-state index contributed by atoms with van der Waals surface area (Å²) in [6.45, 7) is 0. The van der Waals surface area contributed by atoms with Crippen LogP contribution in [0.4, 0.5) is 0 Å². The molecule has 0 saturated heterocycles. The lowest BCUT2D eigenvalue weighted by molar-refractivity contribution is -0.0225. The van der Waals surface area contributed by atoms with E-state index in [1.54, 1.807) is 0 Å². The molecule has 0 amide bonds. The first-order valence-corrected chi connectivity index (χ1v) is 8.24. The number of hydrogen-bond acceptors (Lipinski definition) is 4. The van der Waals surface area contributed by atoms with E-state index in [0.29, 0.717) is 0 Å². The highest BCUT2D eigenvalue weighted by molar-refractivity contribution is 7.98. The van der Waals surface area contributed by atoms with Crippen molar-refractivity contribution in [3.63, 3.8) is 0 Å². The fraction of sp³-hybridized carbons (Fsp3) is 0. The van der Waals surface area contributed by atoms with Crippen LogP contribution in [0, 0.1) is 0 Å². The van der Waals surface area contributed by atoms with Crippen LogP contribution in [0.3, 0.4) is 0 Å². The van der Waals surface area contributed by atoms with Gasteiger partial charge in [0.1, 0.15) is 4.91 Å². The third kappa shape index (κ3) is 2.42. The van der Waals surface area contributed by atoms with Gasteiger partial charge in [-0.25, -0.2) is 0 Å². The molecule has 1 aliphatic rings. The minimum absolute atomic E-state index is 0.127. The highest BCUT2D eigenvalue weighted by Gasteiger charge is 2.50. The number of benzene rings is 1. The van der Waals surface area contributed by atoms with Gasteiger partial charge in [0.25, 0.3) is 10.1 Å². The van der Waals surface area contributed by atoms with Gasteiger partial charge < -0.3 is 11.1 Å². The van der Waals surface area contributed by atoms with Crippen LogP contribution in [0.25, 0.3) is 16.0 Å². The number of allylic oxidation sites excluding steroid dienone is 1. The van der Waals surface area contributed by atoms with Crippen molar-refractivity contribution in [2.24, 2.45) is 0 Å². The molecule has 0 aliphatic heterocycles. The standard InChI is InChI=1S/C10H6N4O6S2/c11-13-7-5-3-1-2-4-6(5)9(21(15,16)17)10(8(7)14-12)22(18,19)20/h1-4H,(H,15,16,17)(H,18,19,20). The van der Waals surface area contributed by atoms with Crippen molar-refractivity contribution in [3.8, 4) is 0 Å². The molecule has 1 aliphatic carbocycles. The number of nitrogens with zero attached hydrogens (tertiary/aromatic N) is 4.